The molecule has 43 heavy (non-hydrogen) atoms. The summed E-state index contributed by atoms with van der Waals surface area (Å²) in [6, 6.07) is 16.1. The first kappa shape index (κ1) is 29.2. The lowest BCUT2D eigenvalue weighted by Gasteiger charge is -2.26. The number of anilines is 1. The van der Waals surface area contributed by atoms with Crippen LogP contribution in [0.2, 0.25) is 0 Å². The first-order valence-corrected chi connectivity index (χ1v) is 16.2. The largest absolute Gasteiger partial charge is 0.451 e. The van der Waals surface area contributed by atoms with E-state index in [1.54, 1.807) is 6.20 Å². The molecule has 0 aliphatic carbocycles. The molecule has 1 amide bonds. The summed E-state index contributed by atoms with van der Waals surface area (Å²) in [6.07, 6.45) is 11.4. The number of hydrogen-bond acceptors (Lipinski definition) is 5. The number of pyridine rings is 1. The smallest absolute Gasteiger partial charge is 0.256 e. The molecule has 1 saturated heterocycles. The molecule has 7 nitrogen and oxygen atoms in total. The van der Waals surface area contributed by atoms with Crippen LogP contribution >= 0.6 is 0 Å². The Balaban J connectivity index is 1.34. The van der Waals surface area contributed by atoms with Crippen molar-refractivity contribution in [2.75, 3.05) is 38.0 Å². The minimum absolute atomic E-state index is 0.152. The molecule has 0 radical (unpaired) electrons. The van der Waals surface area contributed by atoms with Gasteiger partial charge in [0.15, 0.2) is 11.5 Å². The van der Waals surface area contributed by atoms with E-state index in [1.807, 2.05) is 34.9 Å². The Labute approximate surface area is 254 Å². The molecule has 2 aliphatic heterocycles. The summed E-state index contributed by atoms with van der Waals surface area (Å²) >= 11 is 0. The number of carbonyl (C=O) groups excluding carboxylic acids is 1. The zero-order valence-electron chi connectivity index (χ0n) is 25.6. The van der Waals surface area contributed by atoms with Crippen molar-refractivity contribution in [3.63, 3.8) is 0 Å². The molecule has 0 bridgehead atoms. The van der Waals surface area contributed by atoms with Gasteiger partial charge < -0.3 is 24.8 Å². The molecule has 2 aliphatic rings. The summed E-state index contributed by atoms with van der Waals surface area (Å²) in [5.41, 5.74) is 2.26. The molecular weight excluding hydrogens is 536 g/mol. The fourth-order valence-corrected chi connectivity index (χ4v) is 6.86. The van der Waals surface area contributed by atoms with Gasteiger partial charge in [-0.1, -0.05) is 63.8 Å². The van der Waals surface area contributed by atoms with Gasteiger partial charge in [-0.3, -0.25) is 9.59 Å². The van der Waals surface area contributed by atoms with Crippen LogP contribution < -0.4 is 20.8 Å². The molecule has 7 heteroatoms. The van der Waals surface area contributed by atoms with E-state index < -0.39 is 0 Å². The molecule has 2 N–H and O–H groups in total. The number of hydrogen-bond donors (Lipinski definition) is 2. The molecule has 1 fully saturated rings. The lowest BCUT2D eigenvalue weighted by molar-refractivity contribution is 0.0948. The standard InChI is InChI=1S/C36H44N4O3/c1-3-10-25(11-4-2)12-9-17-37-30-16-15-28-33-35(30)43-32-23-27-14-6-5-13-26(27)22-31(32)40(33)24-29(34(28)41)36(42)38-18-21-39-19-7-8-20-39/h5-6,13-16,22-25,37H,3-4,7-12,17-21H2,1-2H3,(H,38,42). The highest BCUT2D eigenvalue weighted by atomic mass is 16.5. The second-order valence-corrected chi connectivity index (χ2v) is 12.2. The maximum absolute atomic E-state index is 13.8. The van der Waals surface area contributed by atoms with Gasteiger partial charge in [-0.05, 0) is 79.7 Å². The fraction of sp³-hybridized carbons (Fsp3) is 0.444. The van der Waals surface area contributed by atoms with Crippen LogP contribution in [-0.4, -0.2) is 48.1 Å². The van der Waals surface area contributed by atoms with Gasteiger partial charge in [0.25, 0.3) is 5.91 Å². The van der Waals surface area contributed by atoms with E-state index >= 15 is 0 Å². The fourth-order valence-electron chi connectivity index (χ4n) is 6.86. The van der Waals surface area contributed by atoms with Crippen molar-refractivity contribution in [3.8, 4) is 17.2 Å². The van der Waals surface area contributed by atoms with Crippen LogP contribution in [0.1, 0.15) is 75.6 Å². The van der Waals surface area contributed by atoms with Crippen LogP contribution in [0.4, 0.5) is 5.69 Å². The van der Waals surface area contributed by atoms with Crippen molar-refractivity contribution in [3.05, 3.63) is 70.5 Å². The minimum atomic E-state index is -0.332. The molecule has 3 aromatic carbocycles. The Morgan fingerprint density at radius 1 is 0.953 bits per heavy atom. The van der Waals surface area contributed by atoms with Crippen LogP contribution in [0.5, 0.6) is 11.5 Å². The predicted octanol–water partition coefficient (Wildman–Crippen LogP) is 7.48. The van der Waals surface area contributed by atoms with Gasteiger partial charge >= 0.3 is 0 Å². The van der Waals surface area contributed by atoms with Gasteiger partial charge in [0.2, 0.25) is 5.43 Å². The zero-order valence-corrected chi connectivity index (χ0v) is 25.6. The molecule has 0 saturated carbocycles. The Kier molecular flexibility index (Phi) is 8.98. The van der Waals surface area contributed by atoms with E-state index in [4.69, 9.17) is 4.74 Å². The van der Waals surface area contributed by atoms with Crippen molar-refractivity contribution in [2.24, 2.45) is 5.92 Å². The molecule has 0 unspecified atom stereocenters. The predicted molar refractivity (Wildman–Crippen MR) is 176 cm³/mol. The second kappa shape index (κ2) is 13.2. The number of aromatic nitrogens is 1. The number of nitrogens with one attached hydrogen (secondary N) is 2. The van der Waals surface area contributed by atoms with E-state index in [0.717, 1.165) is 60.7 Å². The third-order valence-electron chi connectivity index (χ3n) is 9.07. The quantitative estimate of drug-likeness (QED) is 0.141. The van der Waals surface area contributed by atoms with E-state index in [-0.39, 0.29) is 16.9 Å². The van der Waals surface area contributed by atoms with Crippen LogP contribution in [0, 0.1) is 5.92 Å². The van der Waals surface area contributed by atoms with Crippen LogP contribution in [0.15, 0.2) is 59.5 Å². The average molecular weight is 581 g/mol. The number of amides is 1. The lowest BCUT2D eigenvalue weighted by Crippen LogP contribution is -2.36. The first-order valence-electron chi connectivity index (χ1n) is 16.2. The number of fused-ring (bicyclic) bond motifs is 3. The highest BCUT2D eigenvalue weighted by Gasteiger charge is 2.27. The number of rotatable bonds is 13. The van der Waals surface area contributed by atoms with E-state index in [0.29, 0.717) is 28.9 Å². The van der Waals surface area contributed by atoms with Crippen molar-refractivity contribution in [1.29, 1.82) is 0 Å². The second-order valence-electron chi connectivity index (χ2n) is 12.2. The number of carbonyl (C=O) groups is 1. The van der Waals surface area contributed by atoms with Crippen LogP contribution in [0.25, 0.3) is 27.4 Å². The number of nitrogens with zero attached hydrogens (tertiary/aromatic N) is 2. The molecule has 4 aromatic rings. The summed E-state index contributed by atoms with van der Waals surface area (Å²) < 4.78 is 8.58. The number of benzene rings is 3. The Morgan fingerprint density at radius 2 is 1.70 bits per heavy atom. The summed E-state index contributed by atoms with van der Waals surface area (Å²) in [5, 5.41) is 9.24. The number of likely N-dealkylation sites (tertiary alicyclic amines) is 1. The van der Waals surface area contributed by atoms with Crippen molar-refractivity contribution < 1.29 is 9.53 Å². The highest BCUT2D eigenvalue weighted by molar-refractivity contribution is 6.01. The third-order valence-corrected chi connectivity index (χ3v) is 9.07. The van der Waals surface area contributed by atoms with Crippen molar-refractivity contribution >= 4 is 33.3 Å². The maximum atomic E-state index is 13.8. The molecule has 226 valence electrons. The molecule has 6 rings (SSSR count). The number of ether oxygens (including phenoxy) is 1. The lowest BCUT2D eigenvalue weighted by atomic mass is 9.93. The van der Waals surface area contributed by atoms with Crippen LogP contribution in [0.3, 0.4) is 0 Å². The first-order chi connectivity index (χ1) is 21.1. The summed E-state index contributed by atoms with van der Waals surface area (Å²) in [6.45, 7) is 8.82. The maximum Gasteiger partial charge on any atom is 0.256 e. The van der Waals surface area contributed by atoms with E-state index in [2.05, 4.69) is 47.6 Å². The van der Waals surface area contributed by atoms with Gasteiger partial charge in [-0.15, -0.1) is 0 Å². The molecule has 0 spiro atoms. The summed E-state index contributed by atoms with van der Waals surface area (Å²) in [5.74, 6) is 1.78. The molecular formula is C36H44N4O3. The van der Waals surface area contributed by atoms with E-state index in [1.165, 1.54) is 44.9 Å². The Morgan fingerprint density at radius 3 is 2.44 bits per heavy atom. The van der Waals surface area contributed by atoms with Gasteiger partial charge in [-0.2, -0.15) is 0 Å². The Hall–Kier alpha value is -3.84. The monoisotopic (exact) mass is 580 g/mol. The Bertz CT molecular complexity index is 1670. The minimum Gasteiger partial charge on any atom is -0.451 e. The molecule has 0 atom stereocenters. The van der Waals surface area contributed by atoms with Gasteiger partial charge in [0.1, 0.15) is 11.1 Å². The van der Waals surface area contributed by atoms with Gasteiger partial charge in [-0.25, -0.2) is 0 Å². The molecule has 3 heterocycles. The topological polar surface area (TPSA) is 75.6 Å². The average Bonchev–Trinajstić information content (AvgIpc) is 3.54. The van der Waals surface area contributed by atoms with Crippen LogP contribution in [-0.2, 0) is 0 Å². The zero-order chi connectivity index (χ0) is 29.8. The molecule has 1 aromatic heterocycles. The van der Waals surface area contributed by atoms with Gasteiger partial charge in [0, 0.05) is 25.8 Å². The normalized spacial score (nSPS) is 14.3. The SMILES string of the molecule is CCCC(CCC)CCCNc1ccc2c(=O)c(C(=O)NCCN3CCCC3)cn3c2c1Oc1cc2ccccc2cc1-3. The highest BCUT2D eigenvalue weighted by Crippen LogP contribution is 2.45. The van der Waals surface area contributed by atoms with Gasteiger partial charge in [0.05, 0.1) is 16.8 Å². The summed E-state index contributed by atoms with van der Waals surface area (Å²) in [4.78, 5) is 29.5. The van der Waals surface area contributed by atoms with Crippen molar-refractivity contribution in [1.82, 2.24) is 14.8 Å². The third kappa shape index (κ3) is 6.14. The van der Waals surface area contributed by atoms with Crippen molar-refractivity contribution in [2.45, 2.75) is 65.2 Å². The van der Waals surface area contributed by atoms with E-state index in [9.17, 15) is 9.59 Å². The summed E-state index contributed by atoms with van der Waals surface area (Å²) in [7, 11) is 0.